The molecule has 0 aliphatic rings. The van der Waals surface area contributed by atoms with Crippen molar-refractivity contribution < 1.29 is 22.7 Å². The second kappa shape index (κ2) is 9.51. The van der Waals surface area contributed by atoms with Crippen molar-refractivity contribution in [2.24, 2.45) is 0 Å². The van der Waals surface area contributed by atoms with Gasteiger partial charge >= 0.3 is 0 Å². The SMILES string of the molecule is CCOc1c(/C(C)=C/C(=O)Nc2ccc(C)c(F)c2)cc2c(-c3ccc(F)cc3)coc2c1C. The molecule has 0 saturated carbocycles. The molecule has 0 fully saturated rings. The summed E-state index contributed by atoms with van der Waals surface area (Å²) in [7, 11) is 0. The second-order valence-electron chi connectivity index (χ2n) is 8.12. The highest BCUT2D eigenvalue weighted by Crippen LogP contribution is 2.40. The van der Waals surface area contributed by atoms with Gasteiger partial charge in [0.1, 0.15) is 23.0 Å². The largest absolute Gasteiger partial charge is 0.493 e. The molecule has 0 unspecified atom stereocenters. The molecule has 0 bridgehead atoms. The number of allylic oxidation sites excluding steroid dienone is 1. The van der Waals surface area contributed by atoms with Gasteiger partial charge in [0.25, 0.3) is 0 Å². The van der Waals surface area contributed by atoms with Crippen LogP contribution in [0.5, 0.6) is 5.75 Å². The summed E-state index contributed by atoms with van der Waals surface area (Å²) in [6.07, 6.45) is 3.10. The van der Waals surface area contributed by atoms with E-state index in [0.717, 1.165) is 27.6 Å². The Morgan fingerprint density at radius 1 is 1.09 bits per heavy atom. The molecule has 0 aliphatic heterocycles. The predicted molar refractivity (Wildman–Crippen MR) is 131 cm³/mol. The molecule has 0 aliphatic carbocycles. The number of anilines is 1. The second-order valence-corrected chi connectivity index (χ2v) is 8.12. The summed E-state index contributed by atoms with van der Waals surface area (Å²) in [5.74, 6) is -0.457. The van der Waals surface area contributed by atoms with Gasteiger partial charge in [0.15, 0.2) is 0 Å². The topological polar surface area (TPSA) is 51.5 Å². The summed E-state index contributed by atoms with van der Waals surface area (Å²) >= 11 is 0. The molecule has 34 heavy (non-hydrogen) atoms. The number of nitrogens with one attached hydrogen (secondary N) is 1. The molecule has 1 heterocycles. The van der Waals surface area contributed by atoms with E-state index < -0.39 is 0 Å². The molecule has 0 radical (unpaired) electrons. The lowest BCUT2D eigenvalue weighted by atomic mass is 9.96. The number of fused-ring (bicyclic) bond motifs is 1. The van der Waals surface area contributed by atoms with Crippen molar-refractivity contribution in [1.82, 2.24) is 0 Å². The van der Waals surface area contributed by atoms with E-state index in [9.17, 15) is 13.6 Å². The summed E-state index contributed by atoms with van der Waals surface area (Å²) in [5.41, 5.74) is 5.39. The first-order valence-electron chi connectivity index (χ1n) is 11.0. The van der Waals surface area contributed by atoms with Gasteiger partial charge in [-0.1, -0.05) is 18.2 Å². The van der Waals surface area contributed by atoms with Crippen molar-refractivity contribution in [3.8, 4) is 16.9 Å². The van der Waals surface area contributed by atoms with E-state index in [2.05, 4.69) is 5.32 Å². The van der Waals surface area contributed by atoms with Gasteiger partial charge in [-0.2, -0.15) is 0 Å². The maximum absolute atomic E-state index is 13.8. The van der Waals surface area contributed by atoms with Crippen LogP contribution in [0.4, 0.5) is 14.5 Å². The molecule has 6 heteroatoms. The zero-order valence-electron chi connectivity index (χ0n) is 19.5. The number of ether oxygens (including phenoxy) is 1. The highest BCUT2D eigenvalue weighted by atomic mass is 19.1. The third-order valence-corrected chi connectivity index (χ3v) is 5.70. The van der Waals surface area contributed by atoms with E-state index in [1.807, 2.05) is 26.8 Å². The molecule has 3 aromatic carbocycles. The molecular weight excluding hydrogens is 436 g/mol. The van der Waals surface area contributed by atoms with Crippen LogP contribution in [-0.4, -0.2) is 12.5 Å². The van der Waals surface area contributed by atoms with Gasteiger partial charge in [-0.05, 0) is 74.7 Å². The average Bonchev–Trinajstić information content (AvgIpc) is 3.23. The number of halogens is 2. The number of furan rings is 1. The number of carbonyl (C=O) groups excluding carboxylic acids is 1. The molecule has 1 aromatic heterocycles. The zero-order chi connectivity index (χ0) is 24.4. The van der Waals surface area contributed by atoms with E-state index >= 15 is 0 Å². The van der Waals surface area contributed by atoms with E-state index in [1.54, 1.807) is 37.5 Å². The number of carbonyl (C=O) groups is 1. The number of hydrogen-bond donors (Lipinski definition) is 1. The third-order valence-electron chi connectivity index (χ3n) is 5.70. The van der Waals surface area contributed by atoms with Crippen molar-refractivity contribution in [2.75, 3.05) is 11.9 Å². The van der Waals surface area contributed by atoms with Gasteiger partial charge in [-0.15, -0.1) is 0 Å². The summed E-state index contributed by atoms with van der Waals surface area (Å²) in [6, 6.07) is 12.7. The van der Waals surface area contributed by atoms with Crippen LogP contribution in [0.1, 0.15) is 30.5 Å². The standard InChI is InChI=1S/C28H25F2NO3/c1-5-33-27-18(4)28-23(24(15-34-28)19-7-9-20(29)10-8-19)14-22(27)17(3)12-26(32)31-21-11-6-16(2)25(30)13-21/h6-15H,5H2,1-4H3,(H,31,32)/b17-12+. The Morgan fingerprint density at radius 3 is 2.50 bits per heavy atom. The minimum atomic E-state index is -0.383. The summed E-state index contributed by atoms with van der Waals surface area (Å²) in [6.45, 7) is 7.70. The Kier molecular flexibility index (Phi) is 6.50. The number of amides is 1. The Balaban J connectivity index is 1.76. The normalized spacial score (nSPS) is 11.6. The summed E-state index contributed by atoms with van der Waals surface area (Å²) in [5, 5.41) is 3.53. The maximum Gasteiger partial charge on any atom is 0.248 e. The molecule has 1 amide bonds. The minimum absolute atomic E-state index is 0.315. The fourth-order valence-electron chi connectivity index (χ4n) is 3.92. The Bertz CT molecular complexity index is 1400. The molecule has 0 spiro atoms. The maximum atomic E-state index is 13.8. The zero-order valence-corrected chi connectivity index (χ0v) is 19.5. The number of hydrogen-bond acceptors (Lipinski definition) is 3. The molecule has 1 N–H and O–H groups in total. The Labute approximate surface area is 196 Å². The fraction of sp³-hybridized carbons (Fsp3) is 0.179. The Morgan fingerprint density at radius 2 is 1.82 bits per heavy atom. The lowest BCUT2D eigenvalue weighted by molar-refractivity contribution is -0.111. The van der Waals surface area contributed by atoms with Gasteiger partial charge in [0.2, 0.25) is 5.91 Å². The van der Waals surface area contributed by atoms with Gasteiger partial charge < -0.3 is 14.5 Å². The van der Waals surface area contributed by atoms with E-state index in [0.29, 0.717) is 34.8 Å². The summed E-state index contributed by atoms with van der Waals surface area (Å²) in [4.78, 5) is 12.7. The van der Waals surface area contributed by atoms with Crippen LogP contribution in [0.25, 0.3) is 27.7 Å². The van der Waals surface area contributed by atoms with E-state index in [4.69, 9.17) is 9.15 Å². The molecule has 0 saturated heterocycles. The van der Waals surface area contributed by atoms with Crippen molar-refractivity contribution in [2.45, 2.75) is 27.7 Å². The van der Waals surface area contributed by atoms with Crippen molar-refractivity contribution in [3.05, 3.63) is 89.2 Å². The molecule has 174 valence electrons. The first-order chi connectivity index (χ1) is 16.3. The third kappa shape index (κ3) is 4.57. The van der Waals surface area contributed by atoms with Crippen LogP contribution in [0.15, 0.2) is 65.3 Å². The van der Waals surface area contributed by atoms with Crippen LogP contribution in [0, 0.1) is 25.5 Å². The number of benzene rings is 3. The average molecular weight is 462 g/mol. The lowest BCUT2D eigenvalue weighted by Gasteiger charge is -2.15. The number of aryl methyl sites for hydroxylation is 2. The quantitative estimate of drug-likeness (QED) is 0.304. The minimum Gasteiger partial charge on any atom is -0.493 e. The van der Waals surface area contributed by atoms with Crippen LogP contribution >= 0.6 is 0 Å². The Hall–Kier alpha value is -3.93. The van der Waals surface area contributed by atoms with E-state index in [1.165, 1.54) is 24.3 Å². The van der Waals surface area contributed by atoms with E-state index in [-0.39, 0.29) is 17.5 Å². The fourth-order valence-corrected chi connectivity index (χ4v) is 3.92. The van der Waals surface area contributed by atoms with Crippen molar-refractivity contribution in [1.29, 1.82) is 0 Å². The van der Waals surface area contributed by atoms with Gasteiger partial charge in [0.05, 0.1) is 12.9 Å². The van der Waals surface area contributed by atoms with Crippen LogP contribution in [0.2, 0.25) is 0 Å². The van der Waals surface area contributed by atoms with Crippen molar-refractivity contribution >= 4 is 28.1 Å². The molecular formula is C28H25F2NO3. The van der Waals surface area contributed by atoms with Gasteiger partial charge in [-0.25, -0.2) is 8.78 Å². The van der Waals surface area contributed by atoms with Gasteiger partial charge in [0, 0.05) is 33.8 Å². The summed E-state index contributed by atoms with van der Waals surface area (Å²) < 4.78 is 39.1. The highest BCUT2D eigenvalue weighted by molar-refractivity contribution is 6.06. The van der Waals surface area contributed by atoms with Crippen LogP contribution in [-0.2, 0) is 4.79 Å². The lowest BCUT2D eigenvalue weighted by Crippen LogP contribution is -2.09. The smallest absolute Gasteiger partial charge is 0.248 e. The highest BCUT2D eigenvalue weighted by Gasteiger charge is 2.19. The first kappa shape index (κ1) is 23.2. The molecule has 4 aromatic rings. The first-order valence-corrected chi connectivity index (χ1v) is 11.0. The monoisotopic (exact) mass is 461 g/mol. The molecule has 4 nitrogen and oxygen atoms in total. The molecule has 4 rings (SSSR count). The van der Waals surface area contributed by atoms with Crippen molar-refractivity contribution in [3.63, 3.8) is 0 Å². The van der Waals surface area contributed by atoms with Crippen LogP contribution < -0.4 is 10.1 Å². The predicted octanol–water partition coefficient (Wildman–Crippen LogP) is 7.44. The molecule has 0 atom stereocenters. The van der Waals surface area contributed by atoms with Crippen LogP contribution in [0.3, 0.4) is 0 Å². The van der Waals surface area contributed by atoms with Gasteiger partial charge in [-0.3, -0.25) is 4.79 Å². The number of rotatable bonds is 6.